The van der Waals surface area contributed by atoms with Crippen molar-refractivity contribution in [2.24, 2.45) is 5.41 Å². The van der Waals surface area contributed by atoms with E-state index in [0.29, 0.717) is 6.42 Å². The summed E-state index contributed by atoms with van der Waals surface area (Å²) in [5, 5.41) is 0. The fraction of sp³-hybridized carbons (Fsp3) is 0.941. The summed E-state index contributed by atoms with van der Waals surface area (Å²) in [6.45, 7) is -1.52. The van der Waals surface area contributed by atoms with Crippen molar-refractivity contribution in [1.82, 2.24) is 0 Å². The minimum absolute atomic E-state index is 0.0915. The molecule has 0 aliphatic carbocycles. The van der Waals surface area contributed by atoms with Gasteiger partial charge in [0, 0.05) is 6.42 Å². The molecule has 0 rings (SSSR count). The van der Waals surface area contributed by atoms with Crippen LogP contribution in [0.25, 0.3) is 0 Å². The molecule has 1 nitrogen and oxygen atoms in total. The van der Waals surface area contributed by atoms with Gasteiger partial charge in [-0.3, -0.25) is 4.79 Å². The Balaban J connectivity index is 3.56. The molecule has 0 spiro atoms. The molecule has 0 aromatic heterocycles. The maximum atomic E-state index is 12.7. The fourth-order valence-electron chi connectivity index (χ4n) is 2.37. The molecule has 4 heteroatoms. The zero-order chi connectivity index (χ0) is 16.0. The Bertz CT molecular complexity index is 244. The summed E-state index contributed by atoms with van der Waals surface area (Å²) in [7, 11) is 0. The predicted octanol–water partition coefficient (Wildman–Crippen LogP) is 5.76. The number of Topliss-reactive ketones (excluding diaryl/α,β-unsaturated/α-hetero) is 1. The number of unbranched alkanes of at least 4 members (excludes halogenated alkanes) is 9. The molecule has 0 N–H and O–H groups in total. The summed E-state index contributed by atoms with van der Waals surface area (Å²) in [6.07, 6.45) is 11.4. The minimum Gasteiger partial charge on any atom is -0.299 e. The highest BCUT2D eigenvalue weighted by atomic mass is 19.1. The van der Waals surface area contributed by atoms with Crippen molar-refractivity contribution in [2.45, 2.75) is 77.6 Å². The van der Waals surface area contributed by atoms with Gasteiger partial charge in [-0.15, -0.1) is 0 Å². The average molecular weight is 308 g/mol. The van der Waals surface area contributed by atoms with E-state index in [9.17, 15) is 18.0 Å². The van der Waals surface area contributed by atoms with Crippen molar-refractivity contribution in [1.29, 1.82) is 0 Å². The van der Waals surface area contributed by atoms with Crippen LogP contribution in [-0.4, -0.2) is 25.8 Å². The summed E-state index contributed by atoms with van der Waals surface area (Å²) in [5.41, 5.74) is -2.01. The Morgan fingerprint density at radius 1 is 0.714 bits per heavy atom. The van der Waals surface area contributed by atoms with Crippen LogP contribution in [0.1, 0.15) is 77.6 Å². The standard InChI is InChI=1S/C17H31F3O/c1-2-3-4-5-6-7-8-9-10-11-12-16(21)17(13-18,14-19)15-20/h2-15H2,1H3. The summed E-state index contributed by atoms with van der Waals surface area (Å²) in [6, 6.07) is 0. The second-order valence-corrected chi connectivity index (χ2v) is 6.04. The number of rotatable bonds is 15. The molecular weight excluding hydrogens is 277 g/mol. The molecule has 0 aliphatic heterocycles. The largest absolute Gasteiger partial charge is 0.299 e. The lowest BCUT2D eigenvalue weighted by Gasteiger charge is -2.22. The lowest BCUT2D eigenvalue weighted by Crippen LogP contribution is -2.38. The van der Waals surface area contributed by atoms with Crippen LogP contribution >= 0.6 is 0 Å². The average Bonchev–Trinajstić information content (AvgIpc) is 2.51. The van der Waals surface area contributed by atoms with E-state index in [2.05, 4.69) is 6.92 Å². The van der Waals surface area contributed by atoms with Gasteiger partial charge in [-0.2, -0.15) is 0 Å². The highest BCUT2D eigenvalue weighted by Gasteiger charge is 2.38. The number of alkyl halides is 3. The van der Waals surface area contributed by atoms with Crippen LogP contribution in [0.15, 0.2) is 0 Å². The van der Waals surface area contributed by atoms with E-state index < -0.39 is 31.2 Å². The van der Waals surface area contributed by atoms with Gasteiger partial charge in [-0.1, -0.05) is 64.7 Å². The molecule has 0 unspecified atom stereocenters. The molecule has 0 heterocycles. The van der Waals surface area contributed by atoms with Gasteiger partial charge in [0.15, 0.2) is 0 Å². The van der Waals surface area contributed by atoms with Crippen molar-refractivity contribution < 1.29 is 18.0 Å². The van der Waals surface area contributed by atoms with Crippen LogP contribution in [0.3, 0.4) is 0 Å². The van der Waals surface area contributed by atoms with Crippen molar-refractivity contribution in [3.63, 3.8) is 0 Å². The van der Waals surface area contributed by atoms with E-state index in [-0.39, 0.29) is 6.42 Å². The molecule has 0 bridgehead atoms. The first-order valence-corrected chi connectivity index (χ1v) is 8.38. The first-order valence-electron chi connectivity index (χ1n) is 8.38. The topological polar surface area (TPSA) is 17.1 Å². The Labute approximate surface area is 127 Å². The molecule has 0 aliphatic rings. The van der Waals surface area contributed by atoms with Gasteiger partial charge in [-0.25, -0.2) is 13.2 Å². The molecule has 0 aromatic rings. The summed E-state index contributed by atoms with van der Waals surface area (Å²) >= 11 is 0. The zero-order valence-electron chi connectivity index (χ0n) is 13.4. The van der Waals surface area contributed by atoms with E-state index in [1.54, 1.807) is 0 Å². The van der Waals surface area contributed by atoms with E-state index in [1.165, 1.54) is 38.5 Å². The molecule has 126 valence electrons. The molecule has 0 amide bonds. The summed E-state index contributed by atoms with van der Waals surface area (Å²) in [5.74, 6) is -0.602. The van der Waals surface area contributed by atoms with Gasteiger partial charge < -0.3 is 0 Å². The SMILES string of the molecule is CCCCCCCCCCCCC(=O)C(CF)(CF)CF. The van der Waals surface area contributed by atoms with Gasteiger partial charge in [0.25, 0.3) is 0 Å². The first-order chi connectivity index (χ1) is 10.2. The van der Waals surface area contributed by atoms with Gasteiger partial charge in [0.2, 0.25) is 0 Å². The van der Waals surface area contributed by atoms with Gasteiger partial charge in [0.1, 0.15) is 31.2 Å². The summed E-state index contributed by atoms with van der Waals surface area (Å²) < 4.78 is 38.0. The molecule has 0 fully saturated rings. The van der Waals surface area contributed by atoms with Gasteiger partial charge in [0.05, 0.1) is 0 Å². The first kappa shape index (κ1) is 20.5. The van der Waals surface area contributed by atoms with Crippen LogP contribution < -0.4 is 0 Å². The Kier molecular flexibility index (Phi) is 12.8. The van der Waals surface area contributed by atoms with E-state index >= 15 is 0 Å². The maximum Gasteiger partial charge on any atom is 0.146 e. The second kappa shape index (κ2) is 13.1. The van der Waals surface area contributed by atoms with Crippen LogP contribution in [0.5, 0.6) is 0 Å². The molecule has 0 radical (unpaired) electrons. The van der Waals surface area contributed by atoms with Crippen molar-refractivity contribution in [3.05, 3.63) is 0 Å². The van der Waals surface area contributed by atoms with Crippen LogP contribution in [0.4, 0.5) is 13.2 Å². The molecular formula is C17H31F3O. The molecule has 0 aromatic carbocycles. The number of carbonyl (C=O) groups excluding carboxylic acids is 1. The Hall–Kier alpha value is -0.540. The maximum absolute atomic E-state index is 12.7. The summed E-state index contributed by atoms with van der Waals surface area (Å²) in [4.78, 5) is 11.7. The third-order valence-electron chi connectivity index (χ3n) is 4.12. The van der Waals surface area contributed by atoms with Crippen LogP contribution in [-0.2, 0) is 4.79 Å². The van der Waals surface area contributed by atoms with Gasteiger partial charge >= 0.3 is 0 Å². The van der Waals surface area contributed by atoms with Crippen molar-refractivity contribution in [2.75, 3.05) is 20.0 Å². The third-order valence-corrected chi connectivity index (χ3v) is 4.12. The molecule has 0 atom stereocenters. The van der Waals surface area contributed by atoms with Crippen molar-refractivity contribution >= 4 is 5.78 Å². The fourth-order valence-corrected chi connectivity index (χ4v) is 2.37. The predicted molar refractivity (Wildman–Crippen MR) is 81.8 cm³/mol. The third kappa shape index (κ3) is 8.47. The number of hydrogen-bond donors (Lipinski definition) is 0. The Morgan fingerprint density at radius 2 is 1.10 bits per heavy atom. The van der Waals surface area contributed by atoms with Crippen LogP contribution in [0, 0.1) is 5.41 Å². The van der Waals surface area contributed by atoms with E-state index in [1.807, 2.05) is 0 Å². The Morgan fingerprint density at radius 3 is 1.48 bits per heavy atom. The molecule has 21 heavy (non-hydrogen) atoms. The van der Waals surface area contributed by atoms with Gasteiger partial charge in [-0.05, 0) is 6.42 Å². The van der Waals surface area contributed by atoms with Crippen molar-refractivity contribution in [3.8, 4) is 0 Å². The number of hydrogen-bond acceptors (Lipinski definition) is 1. The van der Waals surface area contributed by atoms with Crippen LogP contribution in [0.2, 0.25) is 0 Å². The lowest BCUT2D eigenvalue weighted by atomic mass is 9.85. The highest BCUT2D eigenvalue weighted by Crippen LogP contribution is 2.24. The highest BCUT2D eigenvalue weighted by molar-refractivity contribution is 5.85. The number of ketones is 1. The number of carbonyl (C=O) groups is 1. The zero-order valence-corrected chi connectivity index (χ0v) is 13.4. The normalized spacial score (nSPS) is 11.8. The van der Waals surface area contributed by atoms with E-state index in [4.69, 9.17) is 0 Å². The minimum atomic E-state index is -2.01. The quantitative estimate of drug-likeness (QED) is 0.351. The second-order valence-electron chi connectivity index (χ2n) is 6.04. The smallest absolute Gasteiger partial charge is 0.146 e. The number of halogens is 3. The lowest BCUT2D eigenvalue weighted by molar-refractivity contribution is -0.132. The monoisotopic (exact) mass is 308 g/mol. The van der Waals surface area contributed by atoms with E-state index in [0.717, 1.165) is 19.3 Å². The molecule has 0 saturated heterocycles. The molecule has 0 saturated carbocycles.